The average molecular weight is 321 g/mol. The van der Waals surface area contributed by atoms with E-state index < -0.39 is 11.7 Å². The lowest BCUT2D eigenvalue weighted by molar-refractivity contribution is -0.137. The molecule has 0 amide bonds. The average Bonchev–Trinajstić information content (AvgIpc) is 2.48. The van der Waals surface area contributed by atoms with Crippen LogP contribution in [0.1, 0.15) is 5.56 Å². The van der Waals surface area contributed by atoms with Gasteiger partial charge >= 0.3 is 6.18 Å². The summed E-state index contributed by atoms with van der Waals surface area (Å²) in [7, 11) is 0. The van der Waals surface area contributed by atoms with Crippen molar-refractivity contribution < 1.29 is 18.0 Å². The number of alkyl halides is 4. The molecule has 116 valence electrons. The molecule has 0 bridgehead atoms. The summed E-state index contributed by atoms with van der Waals surface area (Å²) >= 11 is 5.72. The number of benzene rings is 1. The van der Waals surface area contributed by atoms with Crippen LogP contribution in [-0.2, 0) is 11.0 Å². The summed E-state index contributed by atoms with van der Waals surface area (Å²) < 4.78 is 37.5. The smallest absolute Gasteiger partial charge is 0.369 e. The molecule has 1 unspecified atom stereocenters. The largest absolute Gasteiger partial charge is 0.416 e. The maximum atomic E-state index is 12.5. The number of nitrogens with zero attached hydrogens (tertiary/aromatic N) is 2. The molecule has 0 spiro atoms. The summed E-state index contributed by atoms with van der Waals surface area (Å²) in [4.78, 5) is 14.9. The fourth-order valence-corrected chi connectivity index (χ4v) is 2.66. The highest BCUT2D eigenvalue weighted by molar-refractivity contribution is 6.19. The Morgan fingerprint density at radius 3 is 2.14 bits per heavy atom. The van der Waals surface area contributed by atoms with E-state index in [0.717, 1.165) is 24.1 Å². The van der Waals surface area contributed by atoms with Gasteiger partial charge in [0.1, 0.15) is 6.29 Å². The second-order valence-corrected chi connectivity index (χ2v) is 5.23. The fourth-order valence-electron chi connectivity index (χ4n) is 2.39. The summed E-state index contributed by atoms with van der Waals surface area (Å²) in [5, 5.41) is 0. The standard InChI is InChI=1S/C14H16ClF3N2O/c15-9-13(10-21)20-7-5-19(6-8-20)12-3-1-11(2-4-12)14(16,17)18/h1-4,10,13H,5-9H2. The monoisotopic (exact) mass is 320 g/mol. The highest BCUT2D eigenvalue weighted by Gasteiger charge is 2.30. The zero-order valence-electron chi connectivity index (χ0n) is 11.3. The molecule has 1 heterocycles. The molecule has 0 radical (unpaired) electrons. The minimum atomic E-state index is -4.31. The molecule has 0 N–H and O–H groups in total. The molecule has 21 heavy (non-hydrogen) atoms. The van der Waals surface area contributed by atoms with Gasteiger partial charge in [0.2, 0.25) is 0 Å². The SMILES string of the molecule is O=CC(CCl)N1CCN(c2ccc(C(F)(F)F)cc2)CC1. The predicted octanol–water partition coefficient (Wildman–Crippen LogP) is 2.63. The Morgan fingerprint density at radius 2 is 1.71 bits per heavy atom. The van der Waals surface area contributed by atoms with E-state index in [2.05, 4.69) is 0 Å². The maximum absolute atomic E-state index is 12.5. The van der Waals surface area contributed by atoms with Crippen LogP contribution in [0.3, 0.4) is 0 Å². The molecule has 1 atom stereocenters. The van der Waals surface area contributed by atoms with Crippen molar-refractivity contribution in [2.45, 2.75) is 12.2 Å². The Bertz CT molecular complexity index is 470. The third-order valence-electron chi connectivity index (χ3n) is 3.66. The van der Waals surface area contributed by atoms with Crippen LogP contribution in [0.5, 0.6) is 0 Å². The second-order valence-electron chi connectivity index (χ2n) is 4.93. The summed E-state index contributed by atoms with van der Waals surface area (Å²) in [6.45, 7) is 2.65. The lowest BCUT2D eigenvalue weighted by atomic mass is 10.1. The van der Waals surface area contributed by atoms with Crippen LogP contribution >= 0.6 is 11.6 Å². The molecule has 0 aliphatic carbocycles. The summed E-state index contributed by atoms with van der Waals surface area (Å²) in [5.41, 5.74) is 0.115. The Kier molecular flexibility index (Phi) is 5.11. The van der Waals surface area contributed by atoms with Crippen molar-refractivity contribution in [1.82, 2.24) is 4.90 Å². The number of carbonyl (C=O) groups excluding carboxylic acids is 1. The van der Waals surface area contributed by atoms with Crippen molar-refractivity contribution in [1.29, 1.82) is 0 Å². The van der Waals surface area contributed by atoms with Crippen molar-refractivity contribution in [3.63, 3.8) is 0 Å². The van der Waals surface area contributed by atoms with E-state index in [9.17, 15) is 18.0 Å². The van der Waals surface area contributed by atoms with Gasteiger partial charge in [-0.3, -0.25) is 4.90 Å². The third-order valence-corrected chi connectivity index (χ3v) is 3.97. The molecule has 1 aliphatic heterocycles. The first-order valence-corrected chi connectivity index (χ1v) is 7.16. The van der Waals surface area contributed by atoms with Gasteiger partial charge in [0.05, 0.1) is 11.6 Å². The number of piperazine rings is 1. The number of halogens is 4. The zero-order chi connectivity index (χ0) is 15.5. The van der Waals surface area contributed by atoms with Gasteiger partial charge in [-0.15, -0.1) is 11.6 Å². The maximum Gasteiger partial charge on any atom is 0.416 e. The van der Waals surface area contributed by atoms with Crippen LogP contribution in [0.2, 0.25) is 0 Å². The first-order chi connectivity index (χ1) is 9.95. The molecule has 3 nitrogen and oxygen atoms in total. The Labute approximate surface area is 126 Å². The van der Waals surface area contributed by atoms with E-state index in [1.54, 1.807) is 0 Å². The van der Waals surface area contributed by atoms with Crippen LogP contribution in [0.25, 0.3) is 0 Å². The van der Waals surface area contributed by atoms with E-state index in [4.69, 9.17) is 11.6 Å². The highest BCUT2D eigenvalue weighted by atomic mass is 35.5. The Hall–Kier alpha value is -1.27. The van der Waals surface area contributed by atoms with E-state index in [-0.39, 0.29) is 11.9 Å². The molecule has 1 aromatic carbocycles. The minimum Gasteiger partial charge on any atom is -0.369 e. The molecule has 1 aliphatic rings. The first-order valence-electron chi connectivity index (χ1n) is 6.63. The molecule has 1 aromatic rings. The lowest BCUT2D eigenvalue weighted by Gasteiger charge is -2.38. The van der Waals surface area contributed by atoms with Gasteiger partial charge in [-0.25, -0.2) is 0 Å². The van der Waals surface area contributed by atoms with Crippen LogP contribution in [0, 0.1) is 0 Å². The van der Waals surface area contributed by atoms with Crippen molar-refractivity contribution >= 4 is 23.6 Å². The summed E-state index contributed by atoms with van der Waals surface area (Å²) in [6, 6.07) is 4.86. The minimum absolute atomic E-state index is 0.254. The van der Waals surface area contributed by atoms with Crippen LogP contribution in [-0.4, -0.2) is 49.3 Å². The molecule has 2 rings (SSSR count). The van der Waals surface area contributed by atoms with Gasteiger partial charge in [0.15, 0.2) is 0 Å². The van der Waals surface area contributed by atoms with Gasteiger partial charge in [-0.1, -0.05) is 0 Å². The van der Waals surface area contributed by atoms with Gasteiger partial charge < -0.3 is 9.69 Å². The van der Waals surface area contributed by atoms with Crippen molar-refractivity contribution in [2.24, 2.45) is 0 Å². The molecule has 0 saturated carbocycles. The van der Waals surface area contributed by atoms with E-state index in [1.807, 2.05) is 9.80 Å². The normalized spacial score (nSPS) is 18.6. The molecule has 1 fully saturated rings. The van der Waals surface area contributed by atoms with Gasteiger partial charge in [0.25, 0.3) is 0 Å². The second kappa shape index (κ2) is 6.66. The van der Waals surface area contributed by atoms with Gasteiger partial charge in [0, 0.05) is 37.7 Å². The lowest BCUT2D eigenvalue weighted by Crippen LogP contribution is -2.51. The molecule has 0 aromatic heterocycles. The number of aldehydes is 1. The summed E-state index contributed by atoms with van der Waals surface area (Å²) in [5.74, 6) is 0.254. The first kappa shape index (κ1) is 16.1. The quantitative estimate of drug-likeness (QED) is 0.629. The van der Waals surface area contributed by atoms with Crippen LogP contribution in [0.15, 0.2) is 24.3 Å². The van der Waals surface area contributed by atoms with Crippen molar-refractivity contribution in [3.8, 4) is 0 Å². The number of rotatable bonds is 4. The predicted molar refractivity (Wildman–Crippen MR) is 75.8 cm³/mol. The molecular formula is C14H16ClF3N2O. The van der Waals surface area contributed by atoms with Crippen LogP contribution < -0.4 is 4.90 Å². The Morgan fingerprint density at radius 1 is 1.14 bits per heavy atom. The van der Waals surface area contributed by atoms with E-state index in [0.29, 0.717) is 26.2 Å². The van der Waals surface area contributed by atoms with Crippen molar-refractivity contribution in [2.75, 3.05) is 37.0 Å². The number of carbonyl (C=O) groups is 1. The van der Waals surface area contributed by atoms with Crippen LogP contribution in [0.4, 0.5) is 18.9 Å². The fraction of sp³-hybridized carbons (Fsp3) is 0.500. The summed E-state index contributed by atoms with van der Waals surface area (Å²) in [6.07, 6.45) is -3.48. The van der Waals surface area contributed by atoms with E-state index >= 15 is 0 Å². The van der Waals surface area contributed by atoms with Gasteiger partial charge in [-0.2, -0.15) is 13.2 Å². The number of anilines is 1. The molecular weight excluding hydrogens is 305 g/mol. The Balaban J connectivity index is 1.98. The highest BCUT2D eigenvalue weighted by Crippen LogP contribution is 2.30. The zero-order valence-corrected chi connectivity index (χ0v) is 12.1. The molecule has 7 heteroatoms. The number of hydrogen-bond acceptors (Lipinski definition) is 3. The van der Waals surface area contributed by atoms with Crippen molar-refractivity contribution in [3.05, 3.63) is 29.8 Å². The topological polar surface area (TPSA) is 23.6 Å². The van der Waals surface area contributed by atoms with E-state index in [1.165, 1.54) is 12.1 Å². The number of hydrogen-bond donors (Lipinski definition) is 0. The van der Waals surface area contributed by atoms with Gasteiger partial charge in [-0.05, 0) is 24.3 Å². The third kappa shape index (κ3) is 3.89. The molecule has 1 saturated heterocycles.